The summed E-state index contributed by atoms with van der Waals surface area (Å²) in [5.74, 6) is 1.23. The molecular formula is C12H14ClF3N2O. The SMILES string of the molecule is Cl.FC(F)(F)c1cccnc1OCC1C2CNCC21. The number of piperidine rings is 1. The van der Waals surface area contributed by atoms with Crippen molar-refractivity contribution >= 4 is 12.4 Å². The maximum Gasteiger partial charge on any atom is 0.421 e. The van der Waals surface area contributed by atoms with Gasteiger partial charge in [-0.25, -0.2) is 4.98 Å². The molecule has 3 nitrogen and oxygen atoms in total. The van der Waals surface area contributed by atoms with E-state index in [9.17, 15) is 13.2 Å². The minimum absolute atomic E-state index is 0. The fourth-order valence-corrected chi connectivity index (χ4v) is 2.69. The van der Waals surface area contributed by atoms with Crippen LogP contribution in [0.5, 0.6) is 5.88 Å². The van der Waals surface area contributed by atoms with Crippen LogP contribution >= 0.6 is 12.4 Å². The Kier molecular flexibility index (Phi) is 3.92. The highest BCUT2D eigenvalue weighted by molar-refractivity contribution is 5.85. The third-order valence-electron chi connectivity index (χ3n) is 3.76. The van der Waals surface area contributed by atoms with Gasteiger partial charge < -0.3 is 10.1 Å². The normalized spacial score (nSPS) is 28.5. The van der Waals surface area contributed by atoms with Gasteiger partial charge in [0.2, 0.25) is 5.88 Å². The molecule has 2 atom stereocenters. The summed E-state index contributed by atoms with van der Waals surface area (Å²) in [6, 6.07) is 2.27. The Morgan fingerprint density at radius 1 is 1.32 bits per heavy atom. The van der Waals surface area contributed by atoms with Crippen LogP contribution in [-0.4, -0.2) is 24.7 Å². The van der Waals surface area contributed by atoms with Crippen LogP contribution in [0.1, 0.15) is 5.56 Å². The third kappa shape index (κ3) is 2.79. The summed E-state index contributed by atoms with van der Waals surface area (Å²) in [5, 5.41) is 3.23. The van der Waals surface area contributed by atoms with Gasteiger partial charge in [0.05, 0.1) is 6.61 Å². The molecule has 7 heteroatoms. The molecule has 0 bridgehead atoms. The molecule has 1 saturated heterocycles. The van der Waals surface area contributed by atoms with Crippen LogP contribution in [0.4, 0.5) is 13.2 Å². The number of pyridine rings is 1. The quantitative estimate of drug-likeness (QED) is 0.929. The lowest BCUT2D eigenvalue weighted by atomic mass is 10.2. The van der Waals surface area contributed by atoms with Gasteiger partial charge in [-0.2, -0.15) is 13.2 Å². The number of hydrogen-bond acceptors (Lipinski definition) is 3. The molecule has 0 amide bonds. The molecule has 106 valence electrons. The average molecular weight is 295 g/mol. The summed E-state index contributed by atoms with van der Waals surface area (Å²) in [6.07, 6.45) is -3.09. The fourth-order valence-electron chi connectivity index (χ4n) is 2.69. The molecule has 0 spiro atoms. The van der Waals surface area contributed by atoms with Gasteiger partial charge in [0.1, 0.15) is 5.56 Å². The molecule has 2 aliphatic rings. The lowest BCUT2D eigenvalue weighted by molar-refractivity contribution is -0.139. The van der Waals surface area contributed by atoms with Gasteiger partial charge in [0.25, 0.3) is 0 Å². The van der Waals surface area contributed by atoms with Crippen molar-refractivity contribution in [1.29, 1.82) is 0 Å². The predicted octanol–water partition coefficient (Wildman–Crippen LogP) is 2.37. The summed E-state index contributed by atoms with van der Waals surface area (Å²) >= 11 is 0. The van der Waals surface area contributed by atoms with Crippen molar-refractivity contribution in [2.45, 2.75) is 6.18 Å². The van der Waals surface area contributed by atoms with Crippen molar-refractivity contribution in [2.24, 2.45) is 17.8 Å². The van der Waals surface area contributed by atoms with E-state index in [4.69, 9.17) is 4.74 Å². The number of fused-ring (bicyclic) bond motifs is 1. The van der Waals surface area contributed by atoms with E-state index in [0.29, 0.717) is 24.4 Å². The fraction of sp³-hybridized carbons (Fsp3) is 0.583. The van der Waals surface area contributed by atoms with Gasteiger partial charge in [-0.1, -0.05) is 0 Å². The molecule has 1 aliphatic carbocycles. The number of halogens is 4. The summed E-state index contributed by atoms with van der Waals surface area (Å²) in [6.45, 7) is 2.23. The number of hydrogen-bond donors (Lipinski definition) is 1. The van der Waals surface area contributed by atoms with Gasteiger partial charge in [-0.15, -0.1) is 12.4 Å². The predicted molar refractivity (Wildman–Crippen MR) is 65.3 cm³/mol. The number of ether oxygens (including phenoxy) is 1. The lowest BCUT2D eigenvalue weighted by Crippen LogP contribution is -2.18. The molecule has 1 saturated carbocycles. The molecule has 1 N–H and O–H groups in total. The number of nitrogens with one attached hydrogen (secondary N) is 1. The van der Waals surface area contributed by atoms with E-state index < -0.39 is 11.7 Å². The molecule has 0 radical (unpaired) electrons. The summed E-state index contributed by atoms with van der Waals surface area (Å²) in [4.78, 5) is 3.68. The molecule has 2 heterocycles. The first kappa shape index (κ1) is 14.4. The third-order valence-corrected chi connectivity index (χ3v) is 3.76. The van der Waals surface area contributed by atoms with E-state index in [1.807, 2.05) is 0 Å². The summed E-state index contributed by atoms with van der Waals surface area (Å²) < 4.78 is 43.3. The van der Waals surface area contributed by atoms with E-state index in [1.54, 1.807) is 0 Å². The zero-order valence-electron chi connectivity index (χ0n) is 9.98. The van der Waals surface area contributed by atoms with Crippen molar-refractivity contribution in [3.05, 3.63) is 23.9 Å². The zero-order valence-corrected chi connectivity index (χ0v) is 10.8. The highest BCUT2D eigenvalue weighted by atomic mass is 35.5. The Morgan fingerprint density at radius 3 is 2.63 bits per heavy atom. The minimum Gasteiger partial charge on any atom is -0.477 e. The smallest absolute Gasteiger partial charge is 0.421 e. The molecule has 2 unspecified atom stereocenters. The number of rotatable bonds is 3. The first-order chi connectivity index (χ1) is 8.57. The van der Waals surface area contributed by atoms with Gasteiger partial charge >= 0.3 is 6.18 Å². The van der Waals surface area contributed by atoms with Crippen LogP contribution < -0.4 is 10.1 Å². The van der Waals surface area contributed by atoms with Gasteiger partial charge in [0.15, 0.2) is 0 Å². The van der Waals surface area contributed by atoms with E-state index in [-0.39, 0.29) is 18.3 Å². The molecule has 2 fully saturated rings. The van der Waals surface area contributed by atoms with Crippen molar-refractivity contribution < 1.29 is 17.9 Å². The number of aromatic nitrogens is 1. The first-order valence-electron chi connectivity index (χ1n) is 5.93. The van der Waals surface area contributed by atoms with E-state index >= 15 is 0 Å². The molecule has 19 heavy (non-hydrogen) atoms. The van der Waals surface area contributed by atoms with Crippen molar-refractivity contribution in [3.8, 4) is 5.88 Å². The van der Waals surface area contributed by atoms with Crippen LogP contribution in [-0.2, 0) is 6.18 Å². The van der Waals surface area contributed by atoms with Gasteiger partial charge in [-0.3, -0.25) is 0 Å². The Bertz CT molecular complexity index is 445. The lowest BCUT2D eigenvalue weighted by Gasteiger charge is -2.13. The van der Waals surface area contributed by atoms with E-state index in [1.165, 1.54) is 12.3 Å². The van der Waals surface area contributed by atoms with Crippen molar-refractivity contribution in [2.75, 3.05) is 19.7 Å². The monoisotopic (exact) mass is 294 g/mol. The Balaban J connectivity index is 0.00000133. The van der Waals surface area contributed by atoms with Crippen LogP contribution in [0.25, 0.3) is 0 Å². The highest BCUT2D eigenvalue weighted by Crippen LogP contribution is 2.48. The average Bonchev–Trinajstić information content (AvgIpc) is 2.77. The van der Waals surface area contributed by atoms with Crippen molar-refractivity contribution in [1.82, 2.24) is 10.3 Å². The Morgan fingerprint density at radius 2 is 2.00 bits per heavy atom. The Hall–Kier alpha value is -1.01. The first-order valence-corrected chi connectivity index (χ1v) is 5.93. The number of alkyl halides is 3. The second-order valence-corrected chi connectivity index (χ2v) is 4.81. The molecule has 0 aromatic carbocycles. The van der Waals surface area contributed by atoms with Gasteiger partial charge in [-0.05, 0) is 37.1 Å². The summed E-state index contributed by atoms with van der Waals surface area (Å²) in [5.41, 5.74) is -0.797. The zero-order chi connectivity index (χ0) is 12.8. The van der Waals surface area contributed by atoms with Crippen molar-refractivity contribution in [3.63, 3.8) is 0 Å². The molecule has 1 aliphatic heterocycles. The molecule has 3 rings (SSSR count). The molecule has 1 aromatic heterocycles. The second kappa shape index (κ2) is 5.17. The largest absolute Gasteiger partial charge is 0.477 e. The standard InChI is InChI=1S/C12H13F3N2O.ClH/c13-12(14,15)10-2-1-3-17-11(10)18-6-9-7-4-16-5-8(7)9;/h1-3,7-9,16H,4-6H2;1H. The van der Waals surface area contributed by atoms with E-state index in [0.717, 1.165) is 19.2 Å². The maximum atomic E-state index is 12.7. The van der Waals surface area contributed by atoms with Crippen LogP contribution in [0.3, 0.4) is 0 Å². The topological polar surface area (TPSA) is 34.1 Å². The number of nitrogens with zero attached hydrogens (tertiary/aromatic N) is 1. The minimum atomic E-state index is -4.41. The van der Waals surface area contributed by atoms with Crippen LogP contribution in [0.15, 0.2) is 18.3 Å². The summed E-state index contributed by atoms with van der Waals surface area (Å²) in [7, 11) is 0. The van der Waals surface area contributed by atoms with E-state index in [2.05, 4.69) is 10.3 Å². The maximum absolute atomic E-state index is 12.7. The second-order valence-electron chi connectivity index (χ2n) is 4.81. The van der Waals surface area contributed by atoms with Gasteiger partial charge in [0, 0.05) is 12.1 Å². The molecule has 1 aromatic rings. The van der Waals surface area contributed by atoms with Crippen LogP contribution in [0.2, 0.25) is 0 Å². The molecular weight excluding hydrogens is 281 g/mol. The highest BCUT2D eigenvalue weighted by Gasteiger charge is 2.53. The Labute approximate surface area is 115 Å². The van der Waals surface area contributed by atoms with Crippen LogP contribution in [0, 0.1) is 17.8 Å².